The molecule has 0 aliphatic rings. The maximum absolute atomic E-state index is 13.3. The van der Waals surface area contributed by atoms with Crippen LogP contribution in [0.2, 0.25) is 0 Å². The Bertz CT molecular complexity index is 324. The summed E-state index contributed by atoms with van der Waals surface area (Å²) in [6, 6.07) is 0. The first-order chi connectivity index (χ1) is 10.2. The van der Waals surface area contributed by atoms with Gasteiger partial charge in [0.1, 0.15) is 0 Å². The maximum atomic E-state index is 13.3. The summed E-state index contributed by atoms with van der Waals surface area (Å²) in [5.41, 5.74) is 0. The zero-order chi connectivity index (χ0) is 17.2. The second-order valence-corrected chi connectivity index (χ2v) is 9.68. The molecule has 0 heterocycles. The van der Waals surface area contributed by atoms with Gasteiger partial charge in [0.15, 0.2) is 0 Å². The molecule has 22 heavy (non-hydrogen) atoms. The first kappa shape index (κ1) is 22.2. The first-order valence-corrected chi connectivity index (χ1v) is 11.5. The third-order valence-electron chi connectivity index (χ3n) is 3.41. The molecule has 0 radical (unpaired) electrons. The van der Waals surface area contributed by atoms with Crippen molar-refractivity contribution >= 4 is 20.2 Å². The molecule has 0 amide bonds. The molecule has 0 saturated carbocycles. The molecule has 0 bridgehead atoms. The van der Waals surface area contributed by atoms with Crippen molar-refractivity contribution in [3.63, 3.8) is 0 Å². The van der Waals surface area contributed by atoms with Gasteiger partial charge in [-0.1, -0.05) is 0 Å². The van der Waals surface area contributed by atoms with E-state index >= 15 is 0 Å². The number of unbranched alkanes of at least 4 members (excludes halogenated alkanes) is 7. The molecule has 0 aromatic rings. The van der Waals surface area contributed by atoms with Crippen LogP contribution < -0.4 is 0 Å². The summed E-state index contributed by atoms with van der Waals surface area (Å²) in [6.07, 6.45) is 4.57. The molecule has 2 nitrogen and oxygen atoms in total. The number of alkyl halides is 5. The molecule has 0 N–H and O–H groups in total. The Hall–Kier alpha value is 0.209. The number of rotatable bonds is 13. The van der Waals surface area contributed by atoms with Crippen molar-refractivity contribution in [2.45, 2.75) is 81.2 Å². The fraction of sp³-hybridized carbons (Fsp3) is 1.00. The minimum absolute atomic E-state index is 0.237. The zero-order valence-electron chi connectivity index (χ0n) is 13.1. The van der Waals surface area contributed by atoms with Gasteiger partial charge in [0, 0.05) is 0 Å². The Morgan fingerprint density at radius 2 is 1.41 bits per heavy atom. The van der Waals surface area contributed by atoms with Gasteiger partial charge in [-0.15, -0.1) is 0 Å². The molecule has 1 unspecified atom stereocenters. The molecular weight excluding hydrogens is 414 g/mol. The van der Waals surface area contributed by atoms with Gasteiger partial charge in [-0.05, 0) is 0 Å². The fourth-order valence-electron chi connectivity index (χ4n) is 1.88. The van der Waals surface area contributed by atoms with Crippen LogP contribution in [0.4, 0.5) is 22.0 Å². The molecular formula is C14H25F5O2Sn. The van der Waals surface area contributed by atoms with Crippen molar-refractivity contribution < 1.29 is 28.1 Å². The van der Waals surface area contributed by atoms with Crippen LogP contribution >= 0.6 is 0 Å². The summed E-state index contributed by atoms with van der Waals surface area (Å²) in [4.78, 5) is 0. The normalized spacial score (nSPS) is 14.1. The zero-order valence-corrected chi connectivity index (χ0v) is 16.0. The average Bonchev–Trinajstić information content (AvgIpc) is 2.44. The van der Waals surface area contributed by atoms with E-state index in [0.29, 0.717) is 19.8 Å². The monoisotopic (exact) mass is 440 g/mol. The Labute approximate surface area is 136 Å². The number of hydrogen-bond donors (Lipinski definition) is 0. The average molecular weight is 439 g/mol. The van der Waals surface area contributed by atoms with Gasteiger partial charge in [0.2, 0.25) is 0 Å². The van der Waals surface area contributed by atoms with Gasteiger partial charge in [0.25, 0.3) is 0 Å². The van der Waals surface area contributed by atoms with Crippen LogP contribution in [0.15, 0.2) is 0 Å². The van der Waals surface area contributed by atoms with Crippen LogP contribution in [0.5, 0.6) is 0 Å². The van der Waals surface area contributed by atoms with Crippen LogP contribution in [0.1, 0.15) is 65.2 Å². The Morgan fingerprint density at radius 1 is 0.955 bits per heavy atom. The van der Waals surface area contributed by atoms with E-state index in [-0.39, 0.29) is 6.61 Å². The summed E-state index contributed by atoms with van der Waals surface area (Å²) in [5, 5.41) is 0. The molecule has 0 saturated heterocycles. The van der Waals surface area contributed by atoms with E-state index in [9.17, 15) is 25.0 Å². The molecule has 0 aromatic heterocycles. The minimum atomic E-state index is -5.36. The van der Waals surface area contributed by atoms with Crippen molar-refractivity contribution in [3.8, 4) is 0 Å². The van der Waals surface area contributed by atoms with Crippen LogP contribution in [0.25, 0.3) is 0 Å². The first-order valence-electron chi connectivity index (χ1n) is 7.74. The summed E-state index contributed by atoms with van der Waals surface area (Å²) in [7, 11) is 0. The predicted octanol–water partition coefficient (Wildman–Crippen LogP) is 5.23. The van der Waals surface area contributed by atoms with Crippen LogP contribution in [0, 0.1) is 0 Å². The van der Waals surface area contributed by atoms with E-state index in [1.807, 2.05) is 0 Å². The van der Waals surface area contributed by atoms with E-state index in [0.717, 1.165) is 32.1 Å². The molecule has 0 aromatic carbocycles. The van der Waals surface area contributed by atoms with Gasteiger partial charge < -0.3 is 0 Å². The molecule has 8 heteroatoms. The second kappa shape index (κ2) is 10.9. The standard InChI is InChI=1S/C10H21O.C4H4F5.O.Sn/c1-2-3-4-5-6-7-8-9-10-11;1-2(5)4(8,9)3(6)7;;/h2-10H2,1H3;2H,1H3;;/q-1;;;+1. The summed E-state index contributed by atoms with van der Waals surface area (Å²) in [5.74, 6) is -4.94. The number of halogens is 5. The van der Waals surface area contributed by atoms with Crippen molar-refractivity contribution in [1.29, 1.82) is 0 Å². The molecule has 0 aliphatic heterocycles. The fourth-order valence-corrected chi connectivity index (χ4v) is 4.68. The summed E-state index contributed by atoms with van der Waals surface area (Å²) >= 11 is -5.36. The van der Waals surface area contributed by atoms with Crippen LogP contribution in [0.3, 0.4) is 0 Å². The third-order valence-corrected chi connectivity index (χ3v) is 7.15. The summed E-state index contributed by atoms with van der Waals surface area (Å²) in [6.45, 7) is 2.20. The van der Waals surface area contributed by atoms with E-state index in [1.165, 1.54) is 6.42 Å². The Balaban J connectivity index is 3.90. The van der Waals surface area contributed by atoms with E-state index < -0.39 is 36.2 Å². The third kappa shape index (κ3) is 7.19. The van der Waals surface area contributed by atoms with Gasteiger partial charge in [0.05, 0.1) is 0 Å². The molecule has 0 rings (SSSR count). The predicted molar refractivity (Wildman–Crippen MR) is 75.5 cm³/mol. The van der Waals surface area contributed by atoms with Gasteiger partial charge in [-0.3, -0.25) is 0 Å². The van der Waals surface area contributed by atoms with Crippen LogP contribution in [-0.2, 0) is 6.15 Å². The Kier molecular flexibility index (Phi) is 11.0. The Morgan fingerprint density at radius 3 is 1.86 bits per heavy atom. The molecule has 1 atom stereocenters. The van der Waals surface area contributed by atoms with Crippen molar-refractivity contribution in [2.75, 3.05) is 6.61 Å². The van der Waals surface area contributed by atoms with Gasteiger partial charge >= 0.3 is 136 Å². The SMILES string of the molecule is CCCCCCCCCC[O][Sn](=[O])[C](F)(F)C(F)(F)C(C)F. The van der Waals surface area contributed by atoms with E-state index in [2.05, 4.69) is 10.00 Å². The molecule has 0 spiro atoms. The van der Waals surface area contributed by atoms with Crippen molar-refractivity contribution in [2.24, 2.45) is 0 Å². The van der Waals surface area contributed by atoms with Crippen molar-refractivity contribution in [1.82, 2.24) is 0 Å². The molecule has 0 fully saturated rings. The van der Waals surface area contributed by atoms with Crippen LogP contribution in [-0.4, -0.2) is 42.8 Å². The van der Waals surface area contributed by atoms with Gasteiger partial charge in [-0.2, -0.15) is 0 Å². The van der Waals surface area contributed by atoms with Crippen molar-refractivity contribution in [3.05, 3.63) is 0 Å². The molecule has 132 valence electrons. The second-order valence-electron chi connectivity index (χ2n) is 5.42. The topological polar surface area (TPSA) is 26.3 Å². The quantitative estimate of drug-likeness (QED) is 0.223. The van der Waals surface area contributed by atoms with E-state index in [1.54, 1.807) is 0 Å². The van der Waals surface area contributed by atoms with E-state index in [4.69, 9.17) is 0 Å². The molecule has 0 aliphatic carbocycles. The number of hydrogen-bond acceptors (Lipinski definition) is 2. The van der Waals surface area contributed by atoms with Gasteiger partial charge in [-0.25, -0.2) is 0 Å². The summed E-state index contributed by atoms with van der Waals surface area (Å²) < 4.78 is 75.9.